The van der Waals surface area contributed by atoms with Crippen LogP contribution in [0.4, 0.5) is 0 Å². The number of aryl methyl sites for hydroxylation is 1. The van der Waals surface area contributed by atoms with Crippen LogP contribution in [0.2, 0.25) is 5.02 Å². The van der Waals surface area contributed by atoms with Crippen molar-refractivity contribution in [1.82, 2.24) is 4.57 Å². The molecule has 0 aliphatic rings. The Hall–Kier alpha value is -2.01. The monoisotopic (exact) mass is 253 g/mol. The molecule has 0 atom stereocenters. The van der Waals surface area contributed by atoms with Gasteiger partial charge in [0.15, 0.2) is 5.56 Å². The lowest BCUT2D eigenvalue weighted by atomic mass is 10.1. The molecule has 0 aliphatic heterocycles. The Kier molecular flexibility index (Phi) is 2.55. The number of halogens is 1. The predicted molar refractivity (Wildman–Crippen MR) is 62.8 cm³/mol. The third kappa shape index (κ3) is 1.55. The summed E-state index contributed by atoms with van der Waals surface area (Å²) in [7, 11) is 1.42. The first-order chi connectivity index (χ1) is 7.95. The number of rotatable bonds is 1. The summed E-state index contributed by atoms with van der Waals surface area (Å²) in [5.74, 6) is -2.08. The Labute approximate surface area is 100 Å². The second-order valence-electron chi connectivity index (χ2n) is 3.53. The second kappa shape index (κ2) is 3.78. The number of nitrogens with zero attached hydrogens (tertiary/aromatic N) is 1. The molecular formula is C11H8ClNO4. The van der Waals surface area contributed by atoms with Gasteiger partial charge in [-0.25, -0.2) is 4.79 Å². The molecule has 0 spiro atoms. The van der Waals surface area contributed by atoms with Gasteiger partial charge in [-0.3, -0.25) is 4.79 Å². The van der Waals surface area contributed by atoms with E-state index in [2.05, 4.69) is 0 Å². The third-order valence-corrected chi connectivity index (χ3v) is 2.87. The van der Waals surface area contributed by atoms with Crippen LogP contribution in [0, 0.1) is 0 Å². The van der Waals surface area contributed by atoms with E-state index in [4.69, 9.17) is 16.7 Å². The molecule has 5 nitrogen and oxygen atoms in total. The van der Waals surface area contributed by atoms with Crippen molar-refractivity contribution < 1.29 is 15.0 Å². The third-order valence-electron chi connectivity index (χ3n) is 2.56. The summed E-state index contributed by atoms with van der Waals surface area (Å²) < 4.78 is 1.14. The number of carboxylic acids is 1. The number of carbonyl (C=O) groups is 1. The number of aromatic hydroxyl groups is 1. The van der Waals surface area contributed by atoms with Gasteiger partial charge >= 0.3 is 5.97 Å². The SMILES string of the molecule is Cn1c(=O)c(C(=O)O)c(O)c2c(Cl)cccc21. The minimum absolute atomic E-state index is 0.161. The Bertz CT molecular complexity index is 690. The molecule has 1 aromatic heterocycles. The fraction of sp³-hybridized carbons (Fsp3) is 0.0909. The van der Waals surface area contributed by atoms with Crippen molar-refractivity contribution in [3.63, 3.8) is 0 Å². The number of aromatic nitrogens is 1. The first-order valence-corrected chi connectivity index (χ1v) is 5.06. The molecule has 1 heterocycles. The highest BCUT2D eigenvalue weighted by Gasteiger charge is 2.21. The van der Waals surface area contributed by atoms with Crippen LogP contribution in [0.5, 0.6) is 5.75 Å². The molecule has 6 heteroatoms. The number of aromatic carboxylic acids is 1. The van der Waals surface area contributed by atoms with E-state index in [-0.39, 0.29) is 10.4 Å². The van der Waals surface area contributed by atoms with E-state index in [1.54, 1.807) is 12.1 Å². The zero-order valence-electron chi connectivity index (χ0n) is 8.77. The predicted octanol–water partition coefficient (Wildman–Crippen LogP) is 1.60. The average molecular weight is 254 g/mol. The Morgan fingerprint density at radius 2 is 2.06 bits per heavy atom. The van der Waals surface area contributed by atoms with Crippen LogP contribution in [-0.2, 0) is 7.05 Å². The van der Waals surface area contributed by atoms with Gasteiger partial charge in [0.25, 0.3) is 5.56 Å². The maximum Gasteiger partial charge on any atom is 0.345 e. The quantitative estimate of drug-likeness (QED) is 0.809. The number of pyridine rings is 1. The molecule has 2 aromatic rings. The molecule has 2 rings (SSSR count). The highest BCUT2D eigenvalue weighted by molar-refractivity contribution is 6.36. The molecule has 0 fully saturated rings. The lowest BCUT2D eigenvalue weighted by Gasteiger charge is -2.10. The largest absolute Gasteiger partial charge is 0.506 e. The normalized spacial score (nSPS) is 10.7. The Morgan fingerprint density at radius 1 is 1.41 bits per heavy atom. The van der Waals surface area contributed by atoms with Gasteiger partial charge in [-0.1, -0.05) is 17.7 Å². The summed E-state index contributed by atoms with van der Waals surface area (Å²) >= 11 is 5.89. The average Bonchev–Trinajstić information content (AvgIpc) is 2.25. The summed E-state index contributed by atoms with van der Waals surface area (Å²) in [6.45, 7) is 0. The second-order valence-corrected chi connectivity index (χ2v) is 3.93. The van der Waals surface area contributed by atoms with Crippen LogP contribution in [0.1, 0.15) is 10.4 Å². The van der Waals surface area contributed by atoms with E-state index in [1.807, 2.05) is 0 Å². The zero-order chi connectivity index (χ0) is 12.7. The van der Waals surface area contributed by atoms with E-state index < -0.39 is 22.8 Å². The van der Waals surface area contributed by atoms with Crippen LogP contribution in [0.3, 0.4) is 0 Å². The molecule has 0 unspecified atom stereocenters. The van der Waals surface area contributed by atoms with Gasteiger partial charge in [0, 0.05) is 7.05 Å². The molecule has 17 heavy (non-hydrogen) atoms. The van der Waals surface area contributed by atoms with Gasteiger partial charge < -0.3 is 14.8 Å². The molecule has 88 valence electrons. The molecule has 0 aliphatic carbocycles. The molecule has 2 N–H and O–H groups in total. The van der Waals surface area contributed by atoms with Crippen LogP contribution < -0.4 is 5.56 Å². The van der Waals surface area contributed by atoms with Gasteiger partial charge in [0.1, 0.15) is 5.75 Å². The van der Waals surface area contributed by atoms with Gasteiger partial charge in [-0.2, -0.15) is 0 Å². The number of carboxylic acid groups (broad SMARTS) is 1. The van der Waals surface area contributed by atoms with Gasteiger partial charge in [0.2, 0.25) is 0 Å². The fourth-order valence-electron chi connectivity index (χ4n) is 1.72. The van der Waals surface area contributed by atoms with Crippen LogP contribution >= 0.6 is 11.6 Å². The first-order valence-electron chi connectivity index (χ1n) is 4.68. The summed E-state index contributed by atoms with van der Waals surface area (Å²) in [5, 5.41) is 19.1. The van der Waals surface area contributed by atoms with Crippen LogP contribution in [0.25, 0.3) is 10.9 Å². The Balaban J connectivity index is 3.13. The van der Waals surface area contributed by atoms with E-state index in [1.165, 1.54) is 13.1 Å². The number of hydrogen-bond acceptors (Lipinski definition) is 3. The molecule has 0 amide bonds. The van der Waals surface area contributed by atoms with Crippen molar-refractivity contribution in [3.8, 4) is 5.75 Å². The summed E-state index contributed by atoms with van der Waals surface area (Å²) in [6, 6.07) is 4.71. The summed E-state index contributed by atoms with van der Waals surface area (Å²) in [4.78, 5) is 22.7. The summed E-state index contributed by atoms with van der Waals surface area (Å²) in [5.41, 5.74) is -1.07. The number of fused-ring (bicyclic) bond motifs is 1. The molecule has 0 radical (unpaired) electrons. The van der Waals surface area contributed by atoms with Crippen molar-refractivity contribution >= 4 is 28.5 Å². The van der Waals surface area contributed by atoms with Gasteiger partial charge in [-0.15, -0.1) is 0 Å². The van der Waals surface area contributed by atoms with E-state index in [0.29, 0.717) is 5.52 Å². The molecule has 0 saturated carbocycles. The van der Waals surface area contributed by atoms with Gasteiger partial charge in [-0.05, 0) is 12.1 Å². The lowest BCUT2D eigenvalue weighted by molar-refractivity contribution is 0.0691. The molecular weight excluding hydrogens is 246 g/mol. The van der Waals surface area contributed by atoms with Crippen molar-refractivity contribution in [2.75, 3.05) is 0 Å². The standard InChI is InChI=1S/C11H8ClNO4/c1-13-6-4-2-3-5(12)7(6)9(14)8(10(13)15)11(16)17/h2-4,14H,1H3,(H,16,17). The molecule has 0 bridgehead atoms. The fourth-order valence-corrected chi connectivity index (χ4v) is 1.98. The highest BCUT2D eigenvalue weighted by Crippen LogP contribution is 2.31. The van der Waals surface area contributed by atoms with Crippen molar-refractivity contribution in [1.29, 1.82) is 0 Å². The molecule has 1 aromatic carbocycles. The van der Waals surface area contributed by atoms with E-state index in [0.717, 1.165) is 4.57 Å². The van der Waals surface area contributed by atoms with Crippen LogP contribution in [-0.4, -0.2) is 20.7 Å². The first kappa shape index (κ1) is 11.5. The topological polar surface area (TPSA) is 79.5 Å². The zero-order valence-corrected chi connectivity index (χ0v) is 9.52. The van der Waals surface area contributed by atoms with Crippen molar-refractivity contribution in [3.05, 3.63) is 39.1 Å². The van der Waals surface area contributed by atoms with E-state index in [9.17, 15) is 14.7 Å². The number of hydrogen-bond donors (Lipinski definition) is 2. The van der Waals surface area contributed by atoms with Crippen molar-refractivity contribution in [2.45, 2.75) is 0 Å². The van der Waals surface area contributed by atoms with E-state index >= 15 is 0 Å². The lowest BCUT2D eigenvalue weighted by Crippen LogP contribution is -2.24. The molecule has 0 saturated heterocycles. The highest BCUT2D eigenvalue weighted by atomic mass is 35.5. The van der Waals surface area contributed by atoms with Crippen LogP contribution in [0.15, 0.2) is 23.0 Å². The number of benzene rings is 1. The summed E-state index contributed by atoms with van der Waals surface area (Å²) in [6.07, 6.45) is 0. The smallest absolute Gasteiger partial charge is 0.345 e. The van der Waals surface area contributed by atoms with Crippen molar-refractivity contribution in [2.24, 2.45) is 7.05 Å². The minimum Gasteiger partial charge on any atom is -0.506 e. The van der Waals surface area contributed by atoms with Gasteiger partial charge in [0.05, 0.1) is 15.9 Å². The maximum atomic E-state index is 11.7. The Morgan fingerprint density at radius 3 is 2.65 bits per heavy atom. The minimum atomic E-state index is -1.48. The maximum absolute atomic E-state index is 11.7.